The zero-order valence-corrected chi connectivity index (χ0v) is 9.23. The van der Waals surface area contributed by atoms with Crippen molar-refractivity contribution in [2.75, 3.05) is 5.43 Å². The van der Waals surface area contributed by atoms with Crippen LogP contribution < -0.4 is 11.3 Å². The monoisotopic (exact) mass is 258 g/mol. The van der Waals surface area contributed by atoms with Gasteiger partial charge in [0.05, 0.1) is 0 Å². The van der Waals surface area contributed by atoms with Crippen molar-refractivity contribution in [1.29, 1.82) is 0 Å². The smallest absolute Gasteiger partial charge is 0.292 e. The second-order valence-electron chi connectivity index (χ2n) is 3.49. The van der Waals surface area contributed by atoms with Crippen LogP contribution >= 0.6 is 0 Å². The van der Waals surface area contributed by atoms with Gasteiger partial charge in [0.1, 0.15) is 0 Å². The van der Waals surface area contributed by atoms with Gasteiger partial charge in [0, 0.05) is 18.0 Å². The lowest BCUT2D eigenvalue weighted by Gasteiger charge is -2.06. The number of nitrogens with one attached hydrogen (secondary N) is 1. The second kappa shape index (κ2) is 4.26. The molecule has 0 radical (unpaired) electrons. The second-order valence-corrected chi connectivity index (χ2v) is 3.49. The number of nitrogens with zero attached hydrogens (tertiary/aromatic N) is 4. The summed E-state index contributed by atoms with van der Waals surface area (Å²) < 4.78 is 38.3. The number of nitrogen functional groups attached to an aromatic ring is 1. The first-order valence-corrected chi connectivity index (χ1v) is 4.85. The molecule has 0 saturated carbocycles. The first-order chi connectivity index (χ1) is 8.41. The van der Waals surface area contributed by atoms with Crippen molar-refractivity contribution in [3.05, 3.63) is 29.7 Å². The van der Waals surface area contributed by atoms with Gasteiger partial charge in [-0.3, -0.25) is 5.43 Å². The maximum absolute atomic E-state index is 12.4. The molecule has 18 heavy (non-hydrogen) atoms. The highest BCUT2D eigenvalue weighted by molar-refractivity contribution is 5.36. The van der Waals surface area contributed by atoms with Crippen LogP contribution in [0.1, 0.15) is 11.3 Å². The summed E-state index contributed by atoms with van der Waals surface area (Å²) in [7, 11) is 0. The molecule has 0 amide bonds. The van der Waals surface area contributed by atoms with Crippen molar-refractivity contribution in [2.24, 2.45) is 5.84 Å². The molecule has 2 aromatic rings. The summed E-state index contributed by atoms with van der Waals surface area (Å²) in [4.78, 5) is 7.77. The van der Waals surface area contributed by atoms with E-state index in [0.717, 1.165) is 10.7 Å². The molecule has 0 unspecified atom stereocenters. The van der Waals surface area contributed by atoms with E-state index in [1.807, 2.05) is 0 Å². The van der Waals surface area contributed by atoms with Crippen molar-refractivity contribution in [3.63, 3.8) is 0 Å². The van der Waals surface area contributed by atoms with Crippen LogP contribution in [0.15, 0.2) is 18.5 Å². The number of alkyl halides is 3. The maximum Gasteiger partial charge on any atom is 0.435 e. The van der Waals surface area contributed by atoms with Gasteiger partial charge in [-0.05, 0) is 13.0 Å². The number of aromatic nitrogens is 4. The van der Waals surface area contributed by atoms with Crippen LogP contribution in [-0.2, 0) is 6.18 Å². The average Bonchev–Trinajstić information content (AvgIpc) is 2.78. The highest BCUT2D eigenvalue weighted by Gasteiger charge is 2.33. The van der Waals surface area contributed by atoms with E-state index >= 15 is 0 Å². The topological polar surface area (TPSA) is 81.6 Å². The van der Waals surface area contributed by atoms with Gasteiger partial charge in [0.25, 0.3) is 0 Å². The molecule has 0 bridgehead atoms. The van der Waals surface area contributed by atoms with E-state index in [4.69, 9.17) is 5.84 Å². The summed E-state index contributed by atoms with van der Waals surface area (Å²) in [5, 5.41) is 3.42. The molecule has 0 atom stereocenters. The fourth-order valence-corrected chi connectivity index (χ4v) is 1.33. The van der Waals surface area contributed by atoms with Gasteiger partial charge in [-0.15, -0.1) is 0 Å². The molecule has 0 aliphatic rings. The Kier molecular flexibility index (Phi) is 2.91. The Morgan fingerprint density at radius 2 is 2.11 bits per heavy atom. The minimum atomic E-state index is -4.48. The molecule has 0 aliphatic carbocycles. The van der Waals surface area contributed by atoms with E-state index in [9.17, 15) is 13.2 Å². The number of hydrazine groups is 1. The number of rotatable bonds is 2. The number of nitrogens with two attached hydrogens (primary N) is 1. The van der Waals surface area contributed by atoms with E-state index in [1.54, 1.807) is 6.92 Å². The minimum Gasteiger partial charge on any atom is -0.292 e. The summed E-state index contributed by atoms with van der Waals surface area (Å²) in [5.74, 6) is 5.46. The molecule has 0 aliphatic heterocycles. The molecular weight excluding hydrogens is 249 g/mol. The van der Waals surface area contributed by atoms with Crippen LogP contribution in [-0.4, -0.2) is 19.7 Å². The van der Waals surface area contributed by atoms with Crippen molar-refractivity contribution < 1.29 is 13.2 Å². The van der Waals surface area contributed by atoms with Crippen molar-refractivity contribution >= 4 is 5.95 Å². The first kappa shape index (κ1) is 12.3. The molecule has 0 saturated heterocycles. The highest BCUT2D eigenvalue weighted by atomic mass is 19.4. The molecular formula is C9H9F3N6. The summed E-state index contributed by atoms with van der Waals surface area (Å²) in [6.07, 6.45) is -1.87. The van der Waals surface area contributed by atoms with Crippen LogP contribution in [0.5, 0.6) is 0 Å². The number of halogens is 3. The van der Waals surface area contributed by atoms with E-state index in [0.29, 0.717) is 5.56 Å². The highest BCUT2D eigenvalue weighted by Crippen LogP contribution is 2.27. The third-order valence-electron chi connectivity index (χ3n) is 2.17. The van der Waals surface area contributed by atoms with Crippen molar-refractivity contribution in [1.82, 2.24) is 19.7 Å². The molecule has 2 aromatic heterocycles. The van der Waals surface area contributed by atoms with Gasteiger partial charge in [0.2, 0.25) is 5.95 Å². The first-order valence-electron chi connectivity index (χ1n) is 4.85. The Labute approximate surface area is 99.6 Å². The molecule has 2 rings (SSSR count). The summed E-state index contributed by atoms with van der Waals surface area (Å²) in [5.41, 5.74) is 1.81. The number of hydrogen-bond acceptors (Lipinski definition) is 5. The molecule has 0 spiro atoms. The maximum atomic E-state index is 12.4. The van der Waals surface area contributed by atoms with Crippen LogP contribution in [0.4, 0.5) is 19.1 Å². The van der Waals surface area contributed by atoms with Crippen molar-refractivity contribution in [3.8, 4) is 5.82 Å². The molecule has 2 heterocycles. The molecule has 6 nitrogen and oxygen atoms in total. The summed E-state index contributed by atoms with van der Waals surface area (Å²) >= 11 is 0. The molecule has 3 N–H and O–H groups in total. The molecule has 96 valence electrons. The molecule has 0 fully saturated rings. The number of hydrogen-bond donors (Lipinski definition) is 2. The largest absolute Gasteiger partial charge is 0.435 e. The van der Waals surface area contributed by atoms with Crippen LogP contribution in [0.25, 0.3) is 5.82 Å². The zero-order chi connectivity index (χ0) is 13.3. The lowest BCUT2D eigenvalue weighted by molar-refractivity contribution is -0.141. The van der Waals surface area contributed by atoms with Gasteiger partial charge in [-0.2, -0.15) is 23.3 Å². The lowest BCUT2D eigenvalue weighted by atomic mass is 10.3. The fraction of sp³-hybridized carbons (Fsp3) is 0.222. The van der Waals surface area contributed by atoms with Crippen LogP contribution in [0.3, 0.4) is 0 Å². The Morgan fingerprint density at radius 1 is 1.39 bits per heavy atom. The molecule has 9 heteroatoms. The standard InChI is InChI=1S/C9H9F3N6/c1-5-4-14-8(16-13)15-7(5)18-3-2-6(17-18)9(10,11)12/h2-4H,13H2,1H3,(H,14,15,16). The lowest BCUT2D eigenvalue weighted by Crippen LogP contribution is -2.13. The van der Waals surface area contributed by atoms with Gasteiger partial charge in [-0.25, -0.2) is 15.5 Å². The van der Waals surface area contributed by atoms with E-state index in [1.165, 1.54) is 12.4 Å². The minimum absolute atomic E-state index is 0.0969. The van der Waals surface area contributed by atoms with Gasteiger partial charge >= 0.3 is 6.18 Å². The number of anilines is 1. The van der Waals surface area contributed by atoms with E-state index in [-0.39, 0.29) is 11.8 Å². The van der Waals surface area contributed by atoms with Gasteiger partial charge < -0.3 is 0 Å². The third-order valence-corrected chi connectivity index (χ3v) is 2.17. The van der Waals surface area contributed by atoms with Gasteiger partial charge in [-0.1, -0.05) is 0 Å². The third kappa shape index (κ3) is 2.25. The van der Waals surface area contributed by atoms with Crippen molar-refractivity contribution in [2.45, 2.75) is 13.1 Å². The van der Waals surface area contributed by atoms with E-state index < -0.39 is 11.9 Å². The Morgan fingerprint density at radius 3 is 2.67 bits per heavy atom. The van der Waals surface area contributed by atoms with Gasteiger partial charge in [0.15, 0.2) is 11.5 Å². The predicted octanol–water partition coefficient (Wildman–Crippen LogP) is 1.28. The van der Waals surface area contributed by atoms with Crippen LogP contribution in [0, 0.1) is 6.92 Å². The summed E-state index contributed by atoms with van der Waals surface area (Å²) in [6, 6.07) is 0.872. The van der Waals surface area contributed by atoms with E-state index in [2.05, 4.69) is 20.5 Å². The summed E-state index contributed by atoms with van der Waals surface area (Å²) in [6.45, 7) is 1.66. The average molecular weight is 258 g/mol. The Bertz CT molecular complexity index is 562. The molecule has 0 aromatic carbocycles. The number of aryl methyl sites for hydroxylation is 1. The normalized spacial score (nSPS) is 11.6. The zero-order valence-electron chi connectivity index (χ0n) is 9.23. The fourth-order valence-electron chi connectivity index (χ4n) is 1.33. The Balaban J connectivity index is 2.45. The predicted molar refractivity (Wildman–Crippen MR) is 56.7 cm³/mol. The Hall–Kier alpha value is -2.16. The quantitative estimate of drug-likeness (QED) is 0.626. The van der Waals surface area contributed by atoms with Crippen LogP contribution in [0.2, 0.25) is 0 Å². The SMILES string of the molecule is Cc1cnc(NN)nc1-n1ccc(C(F)(F)F)n1.